The molecule has 0 bridgehead atoms. The Morgan fingerprint density at radius 1 is 1.21 bits per heavy atom. The lowest BCUT2D eigenvalue weighted by atomic mass is 10.1. The number of aromatic carboxylic acids is 1. The van der Waals surface area contributed by atoms with Crippen molar-refractivity contribution in [3.05, 3.63) is 47.5 Å². The molecule has 0 aliphatic rings. The van der Waals surface area contributed by atoms with E-state index in [0.717, 1.165) is 0 Å². The van der Waals surface area contributed by atoms with Crippen LogP contribution in [0.4, 0.5) is 0 Å². The van der Waals surface area contributed by atoms with E-state index < -0.39 is 22.8 Å². The average molecular weight is 355 g/mol. The molecule has 0 heterocycles. The summed E-state index contributed by atoms with van der Waals surface area (Å²) in [7, 11) is 0. The van der Waals surface area contributed by atoms with E-state index in [2.05, 4.69) is 6.58 Å². The summed E-state index contributed by atoms with van der Waals surface area (Å²) >= 11 is 6.23. The molecule has 1 unspecified atom stereocenters. The Morgan fingerprint density at radius 3 is 2.33 bits per heavy atom. The SMILES string of the molecule is C=C(C)C(=O)OCCC(C)(Cl)COC(=O)c1ccccc1C(=O)O. The molecule has 0 saturated carbocycles. The van der Waals surface area contributed by atoms with Crippen molar-refractivity contribution in [3.8, 4) is 0 Å². The number of hydrogen-bond donors (Lipinski definition) is 1. The molecule has 24 heavy (non-hydrogen) atoms. The number of carboxylic acids is 1. The van der Waals surface area contributed by atoms with Gasteiger partial charge in [-0.25, -0.2) is 14.4 Å². The molecule has 1 rings (SSSR count). The number of esters is 2. The molecule has 0 aliphatic heterocycles. The van der Waals surface area contributed by atoms with Crippen molar-refractivity contribution in [3.63, 3.8) is 0 Å². The number of carbonyl (C=O) groups excluding carboxylic acids is 2. The molecular weight excluding hydrogens is 336 g/mol. The number of alkyl halides is 1. The Bertz CT molecular complexity index is 650. The maximum absolute atomic E-state index is 12.0. The highest BCUT2D eigenvalue weighted by Gasteiger charge is 2.25. The van der Waals surface area contributed by atoms with Crippen molar-refractivity contribution in [1.29, 1.82) is 0 Å². The fourth-order valence-corrected chi connectivity index (χ4v) is 1.82. The van der Waals surface area contributed by atoms with Crippen LogP contribution in [0.3, 0.4) is 0 Å². The van der Waals surface area contributed by atoms with Gasteiger partial charge in [0.15, 0.2) is 0 Å². The van der Waals surface area contributed by atoms with Crippen LogP contribution in [0, 0.1) is 0 Å². The second-order valence-corrected chi connectivity index (χ2v) is 6.42. The second-order valence-electron chi connectivity index (χ2n) is 5.51. The number of halogens is 1. The summed E-state index contributed by atoms with van der Waals surface area (Å²) in [6.07, 6.45) is 0.251. The molecule has 1 N–H and O–H groups in total. The highest BCUT2D eigenvalue weighted by Crippen LogP contribution is 2.21. The minimum Gasteiger partial charge on any atom is -0.478 e. The molecule has 6 nitrogen and oxygen atoms in total. The van der Waals surface area contributed by atoms with Gasteiger partial charge in [-0.05, 0) is 26.0 Å². The normalized spacial score (nSPS) is 12.8. The van der Waals surface area contributed by atoms with Gasteiger partial charge in [-0.1, -0.05) is 18.7 Å². The average Bonchev–Trinajstić information content (AvgIpc) is 2.52. The monoisotopic (exact) mass is 354 g/mol. The highest BCUT2D eigenvalue weighted by atomic mass is 35.5. The smallest absolute Gasteiger partial charge is 0.339 e. The van der Waals surface area contributed by atoms with Crippen molar-refractivity contribution < 1.29 is 29.0 Å². The molecule has 0 saturated heterocycles. The van der Waals surface area contributed by atoms with Crippen LogP contribution in [-0.4, -0.2) is 41.1 Å². The summed E-state index contributed by atoms with van der Waals surface area (Å²) in [5.41, 5.74) is 0.0864. The van der Waals surface area contributed by atoms with Gasteiger partial charge in [0, 0.05) is 12.0 Å². The summed E-state index contributed by atoms with van der Waals surface area (Å²) in [5.74, 6) is -2.52. The van der Waals surface area contributed by atoms with Gasteiger partial charge in [-0.3, -0.25) is 0 Å². The van der Waals surface area contributed by atoms with Gasteiger partial charge in [0.2, 0.25) is 0 Å². The lowest BCUT2D eigenvalue weighted by Crippen LogP contribution is -2.28. The molecule has 0 radical (unpaired) electrons. The van der Waals surface area contributed by atoms with Gasteiger partial charge in [-0.15, -0.1) is 11.6 Å². The largest absolute Gasteiger partial charge is 0.478 e. The summed E-state index contributed by atoms with van der Waals surface area (Å²) in [6.45, 7) is 6.51. The topological polar surface area (TPSA) is 89.9 Å². The zero-order valence-corrected chi connectivity index (χ0v) is 14.3. The molecule has 1 aromatic rings. The van der Waals surface area contributed by atoms with E-state index in [1.165, 1.54) is 25.1 Å². The first-order valence-electron chi connectivity index (χ1n) is 7.15. The van der Waals surface area contributed by atoms with E-state index in [4.69, 9.17) is 26.2 Å². The van der Waals surface area contributed by atoms with Gasteiger partial charge >= 0.3 is 17.9 Å². The Hall–Kier alpha value is -2.34. The molecule has 7 heteroatoms. The summed E-state index contributed by atoms with van der Waals surface area (Å²) in [6, 6.07) is 5.74. The van der Waals surface area contributed by atoms with Crippen LogP contribution in [0.5, 0.6) is 0 Å². The molecule has 130 valence electrons. The van der Waals surface area contributed by atoms with Crippen LogP contribution < -0.4 is 0 Å². The fraction of sp³-hybridized carbons (Fsp3) is 0.353. The Balaban J connectivity index is 2.58. The molecule has 0 aromatic heterocycles. The predicted molar refractivity (Wildman–Crippen MR) is 88.3 cm³/mol. The van der Waals surface area contributed by atoms with Crippen LogP contribution in [0.15, 0.2) is 36.4 Å². The molecule has 1 atom stereocenters. The maximum Gasteiger partial charge on any atom is 0.339 e. The molecule has 0 spiro atoms. The van der Waals surface area contributed by atoms with Crippen LogP contribution in [0.2, 0.25) is 0 Å². The molecule has 0 aliphatic carbocycles. The standard InChI is InChI=1S/C17H19ClO6/c1-11(2)15(21)23-9-8-17(3,18)10-24-16(22)13-7-5-4-6-12(13)14(19)20/h4-7H,1,8-10H2,2-3H3,(H,19,20). The number of carbonyl (C=O) groups is 3. The van der Waals surface area contributed by atoms with Gasteiger partial charge in [0.05, 0.1) is 22.6 Å². The molecule has 1 aromatic carbocycles. The van der Waals surface area contributed by atoms with Gasteiger partial charge in [-0.2, -0.15) is 0 Å². The first-order valence-corrected chi connectivity index (χ1v) is 7.53. The van der Waals surface area contributed by atoms with Crippen molar-refractivity contribution in [2.75, 3.05) is 13.2 Å². The fourth-order valence-electron chi connectivity index (χ4n) is 1.69. The summed E-state index contributed by atoms with van der Waals surface area (Å²) in [4.78, 5) is 33.5. The van der Waals surface area contributed by atoms with E-state index >= 15 is 0 Å². The van der Waals surface area contributed by atoms with Crippen molar-refractivity contribution >= 4 is 29.5 Å². The minimum atomic E-state index is -1.22. The predicted octanol–water partition coefficient (Wildman–Crippen LogP) is 3.05. The lowest BCUT2D eigenvalue weighted by Gasteiger charge is -2.21. The van der Waals surface area contributed by atoms with Crippen LogP contribution in [0.25, 0.3) is 0 Å². The first-order chi connectivity index (χ1) is 11.1. The van der Waals surface area contributed by atoms with Crippen molar-refractivity contribution in [2.24, 2.45) is 0 Å². The van der Waals surface area contributed by atoms with E-state index in [1.54, 1.807) is 13.0 Å². The zero-order valence-electron chi connectivity index (χ0n) is 13.5. The van der Waals surface area contributed by atoms with Crippen molar-refractivity contribution in [2.45, 2.75) is 25.1 Å². The summed E-state index contributed by atoms with van der Waals surface area (Å²) < 4.78 is 10.0. The molecular formula is C17H19ClO6. The third-order valence-corrected chi connectivity index (χ3v) is 3.38. The Kier molecular flexibility index (Phi) is 6.97. The van der Waals surface area contributed by atoms with E-state index in [9.17, 15) is 14.4 Å². The maximum atomic E-state index is 12.0. The van der Waals surface area contributed by atoms with Gasteiger partial charge in [0.1, 0.15) is 6.61 Å². The third-order valence-electron chi connectivity index (χ3n) is 3.09. The molecule has 0 fully saturated rings. The van der Waals surface area contributed by atoms with Crippen LogP contribution in [0.1, 0.15) is 41.0 Å². The number of hydrogen-bond acceptors (Lipinski definition) is 5. The third kappa shape index (κ3) is 6.04. The highest BCUT2D eigenvalue weighted by molar-refractivity contribution is 6.23. The van der Waals surface area contributed by atoms with Crippen molar-refractivity contribution in [1.82, 2.24) is 0 Å². The number of ether oxygens (including phenoxy) is 2. The summed E-state index contributed by atoms with van der Waals surface area (Å²) in [5, 5.41) is 9.07. The number of carboxylic acid groups (broad SMARTS) is 1. The van der Waals surface area contributed by atoms with E-state index in [1.807, 2.05) is 0 Å². The van der Waals surface area contributed by atoms with E-state index in [0.29, 0.717) is 0 Å². The second kappa shape index (κ2) is 8.49. The van der Waals surface area contributed by atoms with Crippen LogP contribution >= 0.6 is 11.6 Å². The zero-order chi connectivity index (χ0) is 18.3. The quantitative estimate of drug-likeness (QED) is 0.438. The lowest BCUT2D eigenvalue weighted by molar-refractivity contribution is -0.139. The first kappa shape index (κ1) is 19.7. The number of benzene rings is 1. The Morgan fingerprint density at radius 2 is 1.79 bits per heavy atom. The van der Waals surface area contributed by atoms with Gasteiger partial charge < -0.3 is 14.6 Å². The Labute approximate surface area is 145 Å². The van der Waals surface area contributed by atoms with Crippen LogP contribution in [-0.2, 0) is 14.3 Å². The number of rotatable bonds is 8. The molecule has 0 amide bonds. The van der Waals surface area contributed by atoms with Gasteiger partial charge in [0.25, 0.3) is 0 Å². The van der Waals surface area contributed by atoms with E-state index in [-0.39, 0.29) is 36.3 Å². The minimum absolute atomic E-state index is 0.0498.